The minimum atomic E-state index is -2.25. The van der Waals surface area contributed by atoms with Gasteiger partial charge in [-0.05, 0) is 131 Å². The summed E-state index contributed by atoms with van der Waals surface area (Å²) in [4.78, 5) is 25.9. The predicted octanol–water partition coefficient (Wildman–Crippen LogP) is 10.2. The molecule has 2 saturated heterocycles. The topological polar surface area (TPSA) is 89.8 Å². The molecule has 312 valence electrons. The first-order chi connectivity index (χ1) is 32.3. The molecule has 7 nitrogen and oxygen atoms in total. The normalized spacial score (nSPS) is 30.4. The summed E-state index contributed by atoms with van der Waals surface area (Å²) in [6, 6.07) is 29.4. The van der Waals surface area contributed by atoms with Crippen LogP contribution in [0.3, 0.4) is 0 Å². The van der Waals surface area contributed by atoms with Crippen LogP contribution in [0.1, 0.15) is 133 Å². The number of hydrogen-bond acceptors (Lipinski definition) is 7. The lowest BCUT2D eigenvalue weighted by molar-refractivity contribution is 0.103. The van der Waals surface area contributed by atoms with Gasteiger partial charge in [0.05, 0.1) is 38.7 Å². The Bertz CT molecular complexity index is 2920. The van der Waals surface area contributed by atoms with E-state index < -0.39 is 64.8 Å². The van der Waals surface area contributed by atoms with Crippen molar-refractivity contribution >= 4 is 17.2 Å². The van der Waals surface area contributed by atoms with Crippen molar-refractivity contribution in [2.45, 2.75) is 86.2 Å². The smallest absolute Gasteiger partial charge is 0.233 e. The highest BCUT2D eigenvalue weighted by molar-refractivity contribution is 6.13. The Morgan fingerprint density at radius 2 is 1.06 bits per heavy atom. The maximum absolute atomic E-state index is 15.4. The number of nitrogens with zero attached hydrogens (tertiary/aromatic N) is 4. The Labute approximate surface area is 368 Å². The van der Waals surface area contributed by atoms with Crippen LogP contribution in [0.25, 0.3) is 22.3 Å². The van der Waals surface area contributed by atoms with Crippen LogP contribution in [0.5, 0.6) is 0 Å². The van der Waals surface area contributed by atoms with Crippen LogP contribution in [0.2, 0.25) is 0 Å². The number of aromatic nitrogens is 2. The minimum Gasteiger partial charge on any atom is -0.388 e. The maximum Gasteiger partial charge on any atom is 0.233 e. The number of rotatable bonds is 8. The van der Waals surface area contributed by atoms with Crippen LogP contribution in [0.15, 0.2) is 109 Å². The van der Waals surface area contributed by atoms with Crippen molar-refractivity contribution in [3.05, 3.63) is 166 Å². The van der Waals surface area contributed by atoms with E-state index in [9.17, 15) is 20.5 Å². The van der Waals surface area contributed by atoms with Crippen LogP contribution in [-0.2, 0) is 10.8 Å². The number of hydrogen-bond donors (Lipinski definition) is 2. The van der Waals surface area contributed by atoms with E-state index >= 15 is 8.78 Å². The van der Waals surface area contributed by atoms with Crippen LogP contribution < -0.4 is 9.80 Å². The van der Waals surface area contributed by atoms with Gasteiger partial charge < -0.3 is 20.0 Å². The number of aliphatic hydroxyl groups is 2. The molecule has 2 N–H and O–H groups in total. The predicted molar refractivity (Wildman–Crippen MR) is 236 cm³/mol. The zero-order valence-corrected chi connectivity index (χ0v) is 34.0. The third-order valence-corrected chi connectivity index (χ3v) is 14.2. The number of anilines is 2. The highest BCUT2D eigenvalue weighted by Crippen LogP contribution is 2.55. The van der Waals surface area contributed by atoms with E-state index in [2.05, 4.69) is 22.1 Å². The number of halogens is 2. The second-order valence-electron chi connectivity index (χ2n) is 18.3. The van der Waals surface area contributed by atoms with Gasteiger partial charge >= 0.3 is 0 Å². The van der Waals surface area contributed by atoms with E-state index in [4.69, 9.17) is 2.74 Å². The first kappa shape index (κ1) is 32.0. The summed E-state index contributed by atoms with van der Waals surface area (Å²) in [5.74, 6) is -1.75. The Hall–Kier alpha value is -5.77. The highest BCUT2D eigenvalue weighted by Gasteiger charge is 2.50. The van der Waals surface area contributed by atoms with Gasteiger partial charge in [0.15, 0.2) is 0 Å². The van der Waals surface area contributed by atoms with Gasteiger partial charge in [-0.25, -0.2) is 18.7 Å². The van der Waals surface area contributed by atoms with Gasteiger partial charge in [0.2, 0.25) is 5.78 Å². The van der Waals surface area contributed by atoms with Crippen LogP contribution >= 0.6 is 0 Å². The average molecular weight is 833 g/mol. The summed E-state index contributed by atoms with van der Waals surface area (Å²) in [5.41, 5.74) is 4.53. The Balaban J connectivity index is 0.889. The standard InChI is InChI=1S/C53H48F2N4O3/c54-35-23-45(58-19-17-52(29-58)25-47(60)41-21-33(13-15-43(41)52)39-7-3-1-5-37(39)31-9-10-31)49(56-27-35)51(62)50-46(24-36(55)28-57-50)59-20-18-53(30-59)26-48(61)42-22-34(14-16-44(42)53)40-8-4-2-6-38(40)32-11-12-32/h1-8,13-16,21-24,27-28,31-32,47-48,60-61H,9-12,17-20,25-26,29-30H2/i19D2,20D2,47D,48D. The van der Waals surface area contributed by atoms with Crippen molar-refractivity contribution in [2.75, 3.05) is 35.9 Å². The van der Waals surface area contributed by atoms with E-state index in [1.54, 1.807) is 0 Å². The molecular formula is C53H48F2N4O3. The maximum atomic E-state index is 15.4. The van der Waals surface area contributed by atoms with Gasteiger partial charge in [-0.3, -0.25) is 4.79 Å². The van der Waals surface area contributed by atoms with E-state index in [-0.39, 0.29) is 50.1 Å². The number of carbonyl (C=O) groups is 1. The summed E-state index contributed by atoms with van der Waals surface area (Å²) in [7, 11) is 0. The zero-order valence-electron chi connectivity index (χ0n) is 40.0. The molecule has 4 fully saturated rings. The van der Waals surface area contributed by atoms with E-state index in [1.807, 2.05) is 72.8 Å². The average Bonchev–Trinajstić information content (AvgIpc) is 4.24. The van der Waals surface area contributed by atoms with Gasteiger partial charge in [-0.2, -0.15) is 0 Å². The molecular weight excluding hydrogens is 779 g/mol. The van der Waals surface area contributed by atoms with Gasteiger partial charge in [-0.15, -0.1) is 0 Å². The number of ketones is 1. The van der Waals surface area contributed by atoms with Crippen molar-refractivity contribution in [1.82, 2.24) is 9.97 Å². The lowest BCUT2D eigenvalue weighted by Gasteiger charge is -2.28. The molecule has 6 aromatic rings. The number of pyridine rings is 2. The van der Waals surface area contributed by atoms with E-state index in [0.29, 0.717) is 34.1 Å². The van der Waals surface area contributed by atoms with Crippen molar-refractivity contribution < 1.29 is 32.0 Å². The Kier molecular flexibility index (Phi) is 7.29. The Morgan fingerprint density at radius 1 is 0.629 bits per heavy atom. The monoisotopic (exact) mass is 832 g/mol. The molecule has 4 unspecified atom stereocenters. The molecule has 12 rings (SSSR count). The van der Waals surface area contributed by atoms with Crippen LogP contribution in [0, 0.1) is 11.6 Å². The van der Waals surface area contributed by atoms with Crippen molar-refractivity contribution in [3.63, 3.8) is 0 Å². The van der Waals surface area contributed by atoms with Gasteiger partial charge in [0, 0.05) is 54.5 Å². The molecule has 9 heteroatoms. The third-order valence-electron chi connectivity index (χ3n) is 14.2. The first-order valence-electron chi connectivity index (χ1n) is 24.6. The molecule has 4 atom stereocenters. The molecule has 6 aliphatic rings. The molecule has 0 amide bonds. The second-order valence-corrected chi connectivity index (χ2v) is 18.3. The third kappa shape index (κ3) is 6.14. The molecule has 2 aliphatic heterocycles. The fraction of sp³-hybridized carbons (Fsp3) is 0.340. The number of carbonyl (C=O) groups excluding carboxylic acids is 1. The molecule has 62 heavy (non-hydrogen) atoms. The summed E-state index contributed by atoms with van der Waals surface area (Å²) in [5, 5.41) is 23.5. The van der Waals surface area contributed by atoms with Crippen LogP contribution in [0.4, 0.5) is 20.2 Å². The van der Waals surface area contributed by atoms with Crippen molar-refractivity contribution in [1.29, 1.82) is 0 Å². The summed E-state index contributed by atoms with van der Waals surface area (Å²) >= 11 is 0. The Morgan fingerprint density at radius 3 is 1.50 bits per heavy atom. The molecule has 4 aromatic carbocycles. The fourth-order valence-corrected chi connectivity index (χ4v) is 10.9. The number of benzene rings is 4. The molecule has 2 aromatic heterocycles. The van der Waals surface area contributed by atoms with E-state index in [0.717, 1.165) is 72.5 Å². The zero-order chi connectivity index (χ0) is 47.3. The first-order valence-corrected chi connectivity index (χ1v) is 21.6. The molecule has 0 radical (unpaired) electrons. The van der Waals surface area contributed by atoms with E-state index in [1.165, 1.54) is 20.9 Å². The van der Waals surface area contributed by atoms with Gasteiger partial charge in [0.25, 0.3) is 0 Å². The lowest BCUT2D eigenvalue weighted by atomic mass is 9.80. The quantitative estimate of drug-likeness (QED) is 0.148. The lowest BCUT2D eigenvalue weighted by Crippen LogP contribution is -2.31. The van der Waals surface area contributed by atoms with Crippen LogP contribution in [-0.4, -0.2) is 52.0 Å². The SMILES string of the molecule is [2H]C1(O)CC2(CN(c3cc(F)cnc3C(=O)c3ncc(F)cc3N3CC4(CC([2H])(O)c5cc(-c6ccccc6C6CC6)ccc54)CC3([2H])[2H])C([2H])([2H])C2)c2ccc(-c3ccccc3C3CC3)cc21. The summed E-state index contributed by atoms with van der Waals surface area (Å²) < 4.78 is 86.7. The highest BCUT2D eigenvalue weighted by atomic mass is 19.1. The molecule has 4 aliphatic carbocycles. The largest absolute Gasteiger partial charge is 0.388 e. The van der Waals surface area contributed by atoms with Crippen molar-refractivity contribution in [3.8, 4) is 22.3 Å². The fourth-order valence-electron chi connectivity index (χ4n) is 10.9. The number of fused-ring (bicyclic) bond motifs is 4. The summed E-state index contributed by atoms with van der Waals surface area (Å²) in [6.07, 6.45) is 1.12. The van der Waals surface area contributed by atoms with Gasteiger partial charge in [0.1, 0.15) is 23.0 Å². The molecule has 4 heterocycles. The molecule has 2 saturated carbocycles. The molecule has 0 bridgehead atoms. The second kappa shape index (κ2) is 14.1. The molecule has 2 spiro atoms. The summed E-state index contributed by atoms with van der Waals surface area (Å²) in [6.45, 7) is -4.80. The minimum absolute atomic E-state index is 0.151. The van der Waals surface area contributed by atoms with Crippen molar-refractivity contribution in [2.24, 2.45) is 0 Å². The van der Waals surface area contributed by atoms with Gasteiger partial charge in [-0.1, -0.05) is 72.8 Å².